The van der Waals surface area contributed by atoms with E-state index < -0.39 is 12.1 Å². The van der Waals surface area contributed by atoms with Crippen LogP contribution < -0.4 is 14.8 Å². The Kier molecular flexibility index (Phi) is 7.00. The van der Waals surface area contributed by atoms with Crippen molar-refractivity contribution >= 4 is 5.97 Å². The van der Waals surface area contributed by atoms with Crippen LogP contribution in [0.25, 0.3) is 0 Å². The van der Waals surface area contributed by atoms with E-state index in [2.05, 4.69) is 22.4 Å². The van der Waals surface area contributed by atoms with Crippen LogP contribution in [0.1, 0.15) is 16.8 Å². The first-order chi connectivity index (χ1) is 12.8. The zero-order valence-corrected chi connectivity index (χ0v) is 14.5. The van der Waals surface area contributed by atoms with E-state index >= 15 is 0 Å². The van der Waals surface area contributed by atoms with Gasteiger partial charge in [0.2, 0.25) is 0 Å². The molecule has 1 aliphatic heterocycles. The molecule has 2 heterocycles. The predicted molar refractivity (Wildman–Crippen MR) is 90.7 cm³/mol. The first kappa shape index (κ1) is 20.5. The minimum atomic E-state index is -5.08. The third kappa shape index (κ3) is 6.45. The van der Waals surface area contributed by atoms with E-state index in [0.717, 1.165) is 36.7 Å². The number of benzene rings is 1. The molecule has 0 saturated heterocycles. The Morgan fingerprint density at radius 2 is 1.93 bits per heavy atom. The molecule has 2 N–H and O–H groups in total. The molecule has 0 unspecified atom stereocenters. The number of hydrogen-bond donors (Lipinski definition) is 2. The largest absolute Gasteiger partial charge is 0.495 e. The monoisotopic (exact) mass is 384 g/mol. The van der Waals surface area contributed by atoms with E-state index in [9.17, 15) is 13.2 Å². The number of hydrogen-bond acceptors (Lipinski definition) is 5. The van der Waals surface area contributed by atoms with E-state index in [1.54, 1.807) is 13.3 Å². The first-order valence-corrected chi connectivity index (χ1v) is 8.04. The van der Waals surface area contributed by atoms with Crippen molar-refractivity contribution in [1.29, 1.82) is 0 Å². The molecule has 27 heavy (non-hydrogen) atoms. The zero-order valence-electron chi connectivity index (χ0n) is 14.5. The van der Waals surface area contributed by atoms with E-state index in [0.29, 0.717) is 6.61 Å². The Labute approximate surface area is 153 Å². The van der Waals surface area contributed by atoms with Crippen molar-refractivity contribution < 1.29 is 32.5 Å². The van der Waals surface area contributed by atoms with Gasteiger partial charge >= 0.3 is 12.1 Å². The highest BCUT2D eigenvalue weighted by atomic mass is 19.4. The van der Waals surface area contributed by atoms with Gasteiger partial charge in [0.15, 0.2) is 0 Å². The number of fused-ring (bicyclic) bond motifs is 1. The Balaban J connectivity index is 0.000000321. The number of rotatable bonds is 4. The van der Waals surface area contributed by atoms with Crippen LogP contribution in [0.3, 0.4) is 0 Å². The molecule has 0 bridgehead atoms. The summed E-state index contributed by atoms with van der Waals surface area (Å²) in [5, 5.41) is 10.5. The maximum Gasteiger partial charge on any atom is 0.490 e. The summed E-state index contributed by atoms with van der Waals surface area (Å²) < 4.78 is 42.6. The lowest BCUT2D eigenvalue weighted by molar-refractivity contribution is -0.192. The second-order valence-corrected chi connectivity index (χ2v) is 5.64. The van der Waals surface area contributed by atoms with E-state index in [-0.39, 0.29) is 0 Å². The van der Waals surface area contributed by atoms with Gasteiger partial charge in [0.05, 0.1) is 19.0 Å². The van der Waals surface area contributed by atoms with Crippen molar-refractivity contribution in [3.05, 3.63) is 53.3 Å². The van der Waals surface area contributed by atoms with Crippen LogP contribution in [0.15, 0.2) is 36.5 Å². The molecule has 1 aromatic heterocycles. The molecule has 0 aliphatic carbocycles. The van der Waals surface area contributed by atoms with Crippen LogP contribution in [0.2, 0.25) is 0 Å². The summed E-state index contributed by atoms with van der Waals surface area (Å²) in [6.45, 7) is 2.45. The highest BCUT2D eigenvalue weighted by molar-refractivity contribution is 5.73. The average Bonchev–Trinajstić information content (AvgIpc) is 2.66. The number of nitrogens with one attached hydrogen (secondary N) is 1. The van der Waals surface area contributed by atoms with E-state index in [4.69, 9.17) is 19.4 Å². The van der Waals surface area contributed by atoms with E-state index in [1.807, 2.05) is 18.2 Å². The number of methoxy groups -OCH3 is 1. The number of ether oxygens (including phenoxy) is 2. The summed E-state index contributed by atoms with van der Waals surface area (Å²) in [4.78, 5) is 13.2. The Hall–Kier alpha value is -2.81. The summed E-state index contributed by atoms with van der Waals surface area (Å²) in [5.74, 6) is -1.11. The highest BCUT2D eigenvalue weighted by Gasteiger charge is 2.38. The molecular weight excluding hydrogens is 365 g/mol. The van der Waals surface area contributed by atoms with Crippen molar-refractivity contribution in [1.82, 2.24) is 10.3 Å². The molecule has 2 aromatic rings. The molecule has 6 nitrogen and oxygen atoms in total. The zero-order chi connectivity index (χ0) is 19.9. The molecule has 0 spiro atoms. The van der Waals surface area contributed by atoms with Crippen molar-refractivity contribution in [3.63, 3.8) is 0 Å². The van der Waals surface area contributed by atoms with Gasteiger partial charge in [0, 0.05) is 6.54 Å². The molecule has 1 aliphatic rings. The highest BCUT2D eigenvalue weighted by Crippen LogP contribution is 2.21. The number of carboxylic acid groups (broad SMARTS) is 1. The van der Waals surface area contributed by atoms with Gasteiger partial charge in [-0.2, -0.15) is 13.2 Å². The second-order valence-electron chi connectivity index (χ2n) is 5.64. The number of pyridine rings is 1. The summed E-state index contributed by atoms with van der Waals surface area (Å²) in [5.41, 5.74) is 3.64. The third-order valence-electron chi connectivity index (χ3n) is 3.73. The SMILES string of the molecule is COc1ccc(COc2ccc3c(c2)CNCC3)nc1.O=C(O)C(F)(F)F. The summed E-state index contributed by atoms with van der Waals surface area (Å²) in [6.07, 6.45) is -2.29. The van der Waals surface area contributed by atoms with Gasteiger partial charge in [-0.05, 0) is 48.4 Å². The number of alkyl halides is 3. The smallest absolute Gasteiger partial charge is 0.490 e. The number of aliphatic carboxylic acids is 1. The summed E-state index contributed by atoms with van der Waals surface area (Å²) >= 11 is 0. The minimum Gasteiger partial charge on any atom is -0.495 e. The van der Waals surface area contributed by atoms with Gasteiger partial charge in [-0.25, -0.2) is 4.79 Å². The van der Waals surface area contributed by atoms with Crippen molar-refractivity contribution in [2.45, 2.75) is 25.7 Å². The van der Waals surface area contributed by atoms with Crippen molar-refractivity contribution in [3.8, 4) is 11.5 Å². The quantitative estimate of drug-likeness (QED) is 0.844. The van der Waals surface area contributed by atoms with E-state index in [1.165, 1.54) is 11.1 Å². The van der Waals surface area contributed by atoms with Gasteiger partial charge in [-0.1, -0.05) is 6.07 Å². The molecule has 0 fully saturated rings. The fraction of sp³-hybridized carbons (Fsp3) is 0.333. The topological polar surface area (TPSA) is 80.7 Å². The van der Waals surface area contributed by atoms with Gasteiger partial charge in [0.1, 0.15) is 18.1 Å². The van der Waals surface area contributed by atoms with Crippen LogP contribution in [-0.4, -0.2) is 35.9 Å². The van der Waals surface area contributed by atoms with Crippen LogP contribution in [0, 0.1) is 0 Å². The van der Waals surface area contributed by atoms with Crippen molar-refractivity contribution in [2.75, 3.05) is 13.7 Å². The average molecular weight is 384 g/mol. The van der Waals surface area contributed by atoms with Gasteiger partial charge in [0.25, 0.3) is 0 Å². The van der Waals surface area contributed by atoms with Gasteiger partial charge < -0.3 is 19.9 Å². The van der Waals surface area contributed by atoms with Crippen LogP contribution in [-0.2, 0) is 24.4 Å². The second kappa shape index (κ2) is 9.22. The van der Waals surface area contributed by atoms with Crippen LogP contribution in [0.5, 0.6) is 11.5 Å². The molecule has 0 radical (unpaired) electrons. The Bertz CT molecular complexity index is 764. The first-order valence-electron chi connectivity index (χ1n) is 8.04. The molecule has 0 saturated carbocycles. The maximum atomic E-state index is 10.6. The Morgan fingerprint density at radius 3 is 2.52 bits per heavy atom. The summed E-state index contributed by atoms with van der Waals surface area (Å²) in [7, 11) is 1.63. The lowest BCUT2D eigenvalue weighted by Crippen LogP contribution is -2.23. The number of nitrogens with zero attached hydrogens (tertiary/aromatic N) is 1. The van der Waals surface area contributed by atoms with Crippen molar-refractivity contribution in [2.24, 2.45) is 0 Å². The molecule has 146 valence electrons. The fourth-order valence-corrected chi connectivity index (χ4v) is 2.32. The third-order valence-corrected chi connectivity index (χ3v) is 3.73. The Morgan fingerprint density at radius 1 is 1.22 bits per heavy atom. The fourth-order valence-electron chi connectivity index (χ4n) is 2.32. The molecule has 0 amide bonds. The number of carbonyl (C=O) groups is 1. The lowest BCUT2D eigenvalue weighted by atomic mass is 10.0. The number of halogens is 3. The predicted octanol–water partition coefficient (Wildman–Crippen LogP) is 2.95. The molecule has 0 atom stereocenters. The normalized spacial score (nSPS) is 13.0. The minimum absolute atomic E-state index is 0.468. The molecule has 3 rings (SSSR count). The number of carboxylic acids is 1. The lowest BCUT2D eigenvalue weighted by Gasteiger charge is -2.18. The van der Waals surface area contributed by atoms with Gasteiger partial charge in [-0.3, -0.25) is 4.98 Å². The molecule has 1 aromatic carbocycles. The maximum absolute atomic E-state index is 10.6. The molecular formula is C18H19F3N2O4. The van der Waals surface area contributed by atoms with Crippen LogP contribution >= 0.6 is 0 Å². The molecule has 9 heteroatoms. The standard InChI is InChI=1S/C16H18N2O2.C2HF3O2/c1-19-16-5-3-14(18-10-16)11-20-15-4-2-12-6-7-17-9-13(12)8-15;3-2(4,5)1(6)7/h2-5,8,10,17H,6-7,9,11H2,1H3;(H,6,7). The summed E-state index contributed by atoms with van der Waals surface area (Å²) in [6, 6.07) is 10.1. The van der Waals surface area contributed by atoms with Gasteiger partial charge in [-0.15, -0.1) is 0 Å². The van der Waals surface area contributed by atoms with Crippen LogP contribution in [0.4, 0.5) is 13.2 Å². The number of aromatic nitrogens is 1.